The molecule has 1 unspecified atom stereocenters. The zero-order valence-electron chi connectivity index (χ0n) is 8.78. The molecule has 8 heteroatoms. The molecule has 0 radical (unpaired) electrons. The van der Waals surface area contributed by atoms with Crippen LogP contribution < -0.4 is 5.73 Å². The Morgan fingerprint density at radius 1 is 1.17 bits per heavy atom. The van der Waals surface area contributed by atoms with Gasteiger partial charge in [0, 0.05) is 0 Å². The quantitative estimate of drug-likeness (QED) is 0.842. The van der Waals surface area contributed by atoms with E-state index < -0.39 is 23.9 Å². The van der Waals surface area contributed by atoms with Gasteiger partial charge in [0.2, 0.25) is 0 Å². The summed E-state index contributed by atoms with van der Waals surface area (Å²) in [7, 11) is 0. The lowest BCUT2D eigenvalue weighted by Gasteiger charge is -2.06. The molecular weight excluding hydrogens is 254 g/mol. The summed E-state index contributed by atoms with van der Waals surface area (Å²) < 4.78 is 53.4. The van der Waals surface area contributed by atoms with Gasteiger partial charge in [-0.25, -0.2) is 4.39 Å². The Labute approximate surface area is 98.4 Å². The maximum absolute atomic E-state index is 12.7. The number of rotatable bonds is 2. The van der Waals surface area contributed by atoms with Crippen molar-refractivity contribution in [1.29, 1.82) is 0 Å². The van der Waals surface area contributed by atoms with Crippen molar-refractivity contribution in [2.45, 2.75) is 12.2 Å². The first kappa shape index (κ1) is 12.5. The van der Waals surface area contributed by atoms with Gasteiger partial charge in [-0.2, -0.15) is 18.2 Å². The molecule has 0 amide bonds. The van der Waals surface area contributed by atoms with Crippen LogP contribution in [0.1, 0.15) is 23.3 Å². The van der Waals surface area contributed by atoms with Crippen molar-refractivity contribution in [3.05, 3.63) is 47.4 Å². The predicted octanol–water partition coefficient (Wildman–Crippen LogP) is 2.28. The summed E-state index contributed by atoms with van der Waals surface area (Å²) >= 11 is 0. The fourth-order valence-corrected chi connectivity index (χ4v) is 1.30. The Morgan fingerprint density at radius 3 is 2.28 bits per heavy atom. The standard InChI is InChI=1S/C10H7F4N3O/c11-6-3-1-5(2-4-6)7(15)8-16-9(18-17-8)10(12,13)14/h1-4,7H,15H2. The summed E-state index contributed by atoms with van der Waals surface area (Å²) in [6, 6.07) is 3.94. The molecule has 0 fully saturated rings. The van der Waals surface area contributed by atoms with Crippen LogP contribution in [0.5, 0.6) is 0 Å². The minimum atomic E-state index is -4.71. The van der Waals surface area contributed by atoms with Crippen molar-refractivity contribution in [1.82, 2.24) is 10.1 Å². The fourth-order valence-electron chi connectivity index (χ4n) is 1.30. The summed E-state index contributed by atoms with van der Waals surface area (Å²) in [5, 5.41) is 3.16. The topological polar surface area (TPSA) is 64.9 Å². The summed E-state index contributed by atoms with van der Waals surface area (Å²) in [6.45, 7) is 0. The zero-order valence-corrected chi connectivity index (χ0v) is 8.78. The van der Waals surface area contributed by atoms with Crippen molar-refractivity contribution < 1.29 is 22.1 Å². The molecule has 2 aromatic rings. The van der Waals surface area contributed by atoms with Gasteiger partial charge in [-0.15, -0.1) is 0 Å². The lowest BCUT2D eigenvalue weighted by Crippen LogP contribution is -2.14. The third-order valence-corrected chi connectivity index (χ3v) is 2.19. The molecular formula is C10H7F4N3O. The molecule has 0 bridgehead atoms. The maximum atomic E-state index is 12.7. The first-order valence-electron chi connectivity index (χ1n) is 4.80. The van der Waals surface area contributed by atoms with Crippen molar-refractivity contribution in [3.8, 4) is 0 Å². The van der Waals surface area contributed by atoms with Crippen LogP contribution in [0.4, 0.5) is 17.6 Å². The molecule has 2 rings (SSSR count). The number of halogens is 4. The van der Waals surface area contributed by atoms with E-state index in [1.54, 1.807) is 0 Å². The number of benzene rings is 1. The molecule has 0 aliphatic heterocycles. The highest BCUT2D eigenvalue weighted by atomic mass is 19.4. The summed E-state index contributed by atoms with van der Waals surface area (Å²) in [5.74, 6) is -2.25. The third-order valence-electron chi connectivity index (χ3n) is 2.19. The van der Waals surface area contributed by atoms with Gasteiger partial charge in [-0.3, -0.25) is 0 Å². The smallest absolute Gasteiger partial charge is 0.329 e. The molecule has 0 aliphatic carbocycles. The number of nitrogens with zero attached hydrogens (tertiary/aromatic N) is 2. The highest BCUT2D eigenvalue weighted by Crippen LogP contribution is 2.28. The first-order chi connectivity index (χ1) is 8.38. The minimum Gasteiger partial charge on any atom is -0.329 e. The van der Waals surface area contributed by atoms with E-state index in [4.69, 9.17) is 5.73 Å². The Balaban J connectivity index is 2.26. The van der Waals surface area contributed by atoms with Crippen LogP contribution in [0.2, 0.25) is 0 Å². The molecule has 1 aromatic heterocycles. The molecule has 2 N–H and O–H groups in total. The number of aromatic nitrogens is 2. The van der Waals surface area contributed by atoms with E-state index in [9.17, 15) is 17.6 Å². The van der Waals surface area contributed by atoms with Crippen LogP contribution >= 0.6 is 0 Å². The second-order valence-electron chi connectivity index (χ2n) is 3.48. The molecule has 1 aromatic carbocycles. The maximum Gasteiger partial charge on any atom is 0.471 e. The highest BCUT2D eigenvalue weighted by Gasteiger charge is 2.39. The van der Waals surface area contributed by atoms with Gasteiger partial charge in [0.25, 0.3) is 0 Å². The SMILES string of the molecule is NC(c1ccc(F)cc1)c1noc(C(F)(F)F)n1. The first-order valence-corrected chi connectivity index (χ1v) is 4.80. The third kappa shape index (κ3) is 2.48. The number of alkyl halides is 3. The molecule has 0 saturated heterocycles. The van der Waals surface area contributed by atoms with Gasteiger partial charge in [-0.1, -0.05) is 17.3 Å². The average molecular weight is 261 g/mol. The van der Waals surface area contributed by atoms with Crippen LogP contribution in [-0.2, 0) is 6.18 Å². The molecule has 0 spiro atoms. The lowest BCUT2D eigenvalue weighted by molar-refractivity contribution is -0.159. The number of hydrogen-bond acceptors (Lipinski definition) is 4. The second-order valence-corrected chi connectivity index (χ2v) is 3.48. The second kappa shape index (κ2) is 4.37. The minimum absolute atomic E-state index is 0.311. The van der Waals surface area contributed by atoms with Crippen molar-refractivity contribution in [2.75, 3.05) is 0 Å². The highest BCUT2D eigenvalue weighted by molar-refractivity contribution is 5.24. The van der Waals surface area contributed by atoms with Gasteiger partial charge in [0.15, 0.2) is 5.82 Å². The molecule has 1 atom stereocenters. The largest absolute Gasteiger partial charge is 0.471 e. The van der Waals surface area contributed by atoms with E-state index in [2.05, 4.69) is 14.7 Å². The normalized spacial score (nSPS) is 13.6. The van der Waals surface area contributed by atoms with E-state index in [1.165, 1.54) is 12.1 Å². The van der Waals surface area contributed by atoms with Crippen LogP contribution in [0.25, 0.3) is 0 Å². The molecule has 96 valence electrons. The lowest BCUT2D eigenvalue weighted by atomic mass is 10.1. The van der Waals surface area contributed by atoms with Crippen molar-refractivity contribution in [2.24, 2.45) is 5.73 Å². The molecule has 4 nitrogen and oxygen atoms in total. The van der Waals surface area contributed by atoms with E-state index in [0.29, 0.717) is 5.56 Å². The molecule has 0 saturated carbocycles. The van der Waals surface area contributed by atoms with Crippen molar-refractivity contribution in [3.63, 3.8) is 0 Å². The van der Waals surface area contributed by atoms with E-state index in [1.807, 2.05) is 0 Å². The Kier molecular flexibility index (Phi) is 3.04. The predicted molar refractivity (Wildman–Crippen MR) is 51.7 cm³/mol. The number of hydrogen-bond donors (Lipinski definition) is 1. The van der Waals surface area contributed by atoms with Crippen LogP contribution in [0, 0.1) is 5.82 Å². The van der Waals surface area contributed by atoms with E-state index in [0.717, 1.165) is 12.1 Å². The van der Waals surface area contributed by atoms with E-state index in [-0.39, 0.29) is 5.82 Å². The Bertz CT molecular complexity index is 535. The van der Waals surface area contributed by atoms with Gasteiger partial charge in [0.1, 0.15) is 5.82 Å². The molecule has 1 heterocycles. The Hall–Kier alpha value is -1.96. The van der Waals surface area contributed by atoms with Crippen LogP contribution in [-0.4, -0.2) is 10.1 Å². The molecule has 18 heavy (non-hydrogen) atoms. The average Bonchev–Trinajstić information content (AvgIpc) is 2.78. The van der Waals surface area contributed by atoms with Crippen LogP contribution in [0.3, 0.4) is 0 Å². The van der Waals surface area contributed by atoms with Crippen LogP contribution in [0.15, 0.2) is 28.8 Å². The van der Waals surface area contributed by atoms with Crippen molar-refractivity contribution >= 4 is 0 Å². The summed E-state index contributed by atoms with van der Waals surface area (Å²) in [6.07, 6.45) is -4.71. The molecule has 0 aliphatic rings. The van der Waals surface area contributed by atoms with Gasteiger partial charge in [-0.05, 0) is 17.7 Å². The number of nitrogens with two attached hydrogens (primary N) is 1. The van der Waals surface area contributed by atoms with E-state index >= 15 is 0 Å². The zero-order chi connectivity index (χ0) is 13.3. The monoisotopic (exact) mass is 261 g/mol. The summed E-state index contributed by atoms with van der Waals surface area (Å²) in [4.78, 5) is 3.16. The Morgan fingerprint density at radius 2 is 1.78 bits per heavy atom. The fraction of sp³-hybridized carbons (Fsp3) is 0.200. The van der Waals surface area contributed by atoms with Gasteiger partial charge in [0.05, 0.1) is 6.04 Å². The van der Waals surface area contributed by atoms with Gasteiger partial charge >= 0.3 is 12.1 Å². The summed E-state index contributed by atoms with van der Waals surface area (Å²) in [5.41, 5.74) is 6.03. The van der Waals surface area contributed by atoms with Gasteiger partial charge < -0.3 is 10.3 Å².